The molecular formula is C45H49ClN8O6. The number of nitrogens with zero attached hydrogens (tertiary/aromatic N) is 4. The summed E-state index contributed by atoms with van der Waals surface area (Å²) in [5.41, 5.74) is 5.41. The van der Waals surface area contributed by atoms with Crippen LogP contribution >= 0.6 is 11.6 Å². The lowest BCUT2D eigenvalue weighted by Gasteiger charge is -2.31. The molecule has 4 aliphatic rings. The van der Waals surface area contributed by atoms with E-state index in [1.54, 1.807) is 0 Å². The Morgan fingerprint density at radius 1 is 0.733 bits per heavy atom. The number of aromatic nitrogens is 4. The minimum Gasteiger partial charge on any atom is -0.465 e. The summed E-state index contributed by atoms with van der Waals surface area (Å²) in [7, 11) is 1.30. The zero-order valence-corrected chi connectivity index (χ0v) is 34.9. The number of alkyl carbamates (subject to hydrolysis) is 1. The fourth-order valence-corrected chi connectivity index (χ4v) is 9.74. The fraction of sp³-hybridized carbons (Fsp3) is 0.422. The molecule has 5 aromatic rings. The topological polar surface area (TPSA) is 186 Å². The largest absolute Gasteiger partial charge is 0.465 e. The van der Waals surface area contributed by atoms with Crippen LogP contribution in [0.5, 0.6) is 0 Å². The van der Waals surface area contributed by atoms with Crippen LogP contribution in [0.4, 0.5) is 9.59 Å². The van der Waals surface area contributed by atoms with Gasteiger partial charge in [0.1, 0.15) is 23.7 Å². The lowest BCUT2D eigenvalue weighted by atomic mass is 9.98. The third-order valence-electron chi connectivity index (χ3n) is 12.9. The number of rotatable bonds is 11. The van der Waals surface area contributed by atoms with Crippen molar-refractivity contribution in [3.05, 3.63) is 83.7 Å². The molecule has 3 aromatic carbocycles. The van der Waals surface area contributed by atoms with E-state index < -0.39 is 24.3 Å². The molecule has 0 unspecified atom stereocenters. The lowest BCUT2D eigenvalue weighted by molar-refractivity contribution is -0.137. The minimum absolute atomic E-state index is 0.0794. The highest BCUT2D eigenvalue weighted by molar-refractivity contribution is 6.32. The smallest absolute Gasteiger partial charge is 0.407 e. The van der Waals surface area contributed by atoms with Crippen molar-refractivity contribution < 1.29 is 29.0 Å². The first-order chi connectivity index (χ1) is 28.8. The molecule has 4 heterocycles. The molecule has 2 aliphatic heterocycles. The zero-order chi connectivity index (χ0) is 42.1. The minimum atomic E-state index is -1.22. The van der Waals surface area contributed by atoms with Crippen molar-refractivity contribution in [1.82, 2.24) is 40.4 Å². The van der Waals surface area contributed by atoms with Gasteiger partial charge in [0.05, 0.1) is 30.6 Å². The lowest BCUT2D eigenvalue weighted by Crippen LogP contribution is -2.52. The van der Waals surface area contributed by atoms with Crippen molar-refractivity contribution in [2.24, 2.45) is 23.7 Å². The monoisotopic (exact) mass is 832 g/mol. The molecule has 2 aliphatic carbocycles. The number of amides is 4. The average Bonchev–Trinajstić information content (AvgIpc) is 3.88. The number of ether oxygens (including phenoxy) is 1. The Balaban J connectivity index is 0.896. The van der Waals surface area contributed by atoms with Gasteiger partial charge in [-0.1, -0.05) is 87.8 Å². The maximum absolute atomic E-state index is 13.8. The summed E-state index contributed by atoms with van der Waals surface area (Å²) >= 11 is 6.76. The van der Waals surface area contributed by atoms with Gasteiger partial charge >= 0.3 is 12.2 Å². The molecule has 14 nitrogen and oxygen atoms in total. The van der Waals surface area contributed by atoms with Crippen molar-refractivity contribution in [3.63, 3.8) is 0 Å². The van der Waals surface area contributed by atoms with Gasteiger partial charge in [-0.05, 0) is 83.4 Å². The van der Waals surface area contributed by atoms with Crippen molar-refractivity contribution >= 4 is 46.4 Å². The first-order valence-electron chi connectivity index (χ1n) is 20.7. The molecule has 5 N–H and O–H groups in total. The van der Waals surface area contributed by atoms with Gasteiger partial charge in [-0.15, -0.1) is 0 Å². The van der Waals surface area contributed by atoms with Gasteiger partial charge in [-0.25, -0.2) is 19.6 Å². The number of piperidine rings is 2. The fourth-order valence-electron chi connectivity index (χ4n) is 9.49. The second-order valence-corrected chi connectivity index (χ2v) is 17.8. The van der Waals surface area contributed by atoms with Crippen molar-refractivity contribution in [3.8, 4) is 33.6 Å². The number of carbonyl (C=O) groups is 4. The number of hydrogen-bond acceptors (Lipinski definition) is 7. The highest BCUT2D eigenvalue weighted by atomic mass is 35.5. The molecule has 9 rings (SSSR count). The van der Waals surface area contributed by atoms with E-state index >= 15 is 0 Å². The quantitative estimate of drug-likeness (QED) is 0.0888. The average molecular weight is 833 g/mol. The van der Waals surface area contributed by atoms with Crippen molar-refractivity contribution in [2.75, 3.05) is 7.11 Å². The third kappa shape index (κ3) is 7.24. The highest BCUT2D eigenvalue weighted by Gasteiger charge is 2.57. The number of nitrogens with one attached hydrogen (secondary N) is 4. The van der Waals surface area contributed by atoms with Gasteiger partial charge in [0.25, 0.3) is 0 Å². The van der Waals surface area contributed by atoms with E-state index in [0.717, 1.165) is 70.2 Å². The van der Waals surface area contributed by atoms with Crippen LogP contribution in [-0.4, -0.2) is 90.1 Å². The van der Waals surface area contributed by atoms with Crippen LogP contribution < -0.4 is 10.6 Å². The van der Waals surface area contributed by atoms with Crippen LogP contribution in [0.1, 0.15) is 77.1 Å². The van der Waals surface area contributed by atoms with E-state index in [9.17, 15) is 24.3 Å². The summed E-state index contributed by atoms with van der Waals surface area (Å²) in [4.78, 5) is 71.2. The van der Waals surface area contributed by atoms with E-state index in [1.165, 1.54) is 7.11 Å². The molecule has 60 heavy (non-hydrogen) atoms. The van der Waals surface area contributed by atoms with Crippen LogP contribution in [0.25, 0.3) is 44.4 Å². The van der Waals surface area contributed by atoms with E-state index in [4.69, 9.17) is 21.3 Å². The van der Waals surface area contributed by atoms with E-state index in [-0.39, 0.29) is 47.8 Å². The highest BCUT2D eigenvalue weighted by Crippen LogP contribution is 2.55. The summed E-state index contributed by atoms with van der Waals surface area (Å²) in [5, 5.41) is 17.0. The molecule has 2 saturated heterocycles. The summed E-state index contributed by atoms with van der Waals surface area (Å²) < 4.78 is 4.80. The third-order valence-corrected chi connectivity index (χ3v) is 13.1. The summed E-state index contributed by atoms with van der Waals surface area (Å²) in [6.45, 7) is 7.51. The molecule has 312 valence electrons. The van der Waals surface area contributed by atoms with Gasteiger partial charge < -0.3 is 40.2 Å². The molecule has 4 amide bonds. The number of benzene rings is 3. The van der Waals surface area contributed by atoms with Crippen molar-refractivity contribution in [1.29, 1.82) is 0 Å². The van der Waals surface area contributed by atoms with Crippen LogP contribution in [0.15, 0.2) is 66.9 Å². The summed E-state index contributed by atoms with van der Waals surface area (Å²) in [5.74, 6) is 1.51. The second kappa shape index (κ2) is 15.3. The molecule has 0 bridgehead atoms. The maximum atomic E-state index is 13.8. The van der Waals surface area contributed by atoms with Crippen LogP contribution in [-0.2, 0) is 14.3 Å². The number of carboxylic acid groups (broad SMARTS) is 1. The Kier molecular flexibility index (Phi) is 10.1. The predicted molar refractivity (Wildman–Crippen MR) is 226 cm³/mol. The van der Waals surface area contributed by atoms with E-state index in [2.05, 4.69) is 80.2 Å². The van der Waals surface area contributed by atoms with E-state index in [1.807, 2.05) is 49.8 Å². The Labute approximate surface area is 352 Å². The molecule has 0 radical (unpaired) electrons. The van der Waals surface area contributed by atoms with Crippen LogP contribution in [0, 0.1) is 23.7 Å². The number of likely N-dealkylation sites (tertiary alicyclic amines) is 2. The maximum Gasteiger partial charge on any atom is 0.407 e. The molecule has 0 spiro atoms. The number of H-pyrrole nitrogens is 2. The predicted octanol–water partition coefficient (Wildman–Crippen LogP) is 7.94. The van der Waals surface area contributed by atoms with Gasteiger partial charge in [-0.3, -0.25) is 9.59 Å². The SMILES string of the molecule is COC(=O)N[C@H](C(=O)N1[C@@H]2C[C@@H]2C[C@H]1c1nc(-c2ccc(-c3ccc4cc(-c5[nH]c([C@@H]6C[C@H]7C[C@H]7N6C(=O)[C@@H](NC(=O)O)C(C)C)nc5Cl)ccc4c3)cc2)c[nH]1)C(C)C. The molecule has 2 aromatic heterocycles. The summed E-state index contributed by atoms with van der Waals surface area (Å²) in [6, 6.07) is 19.0. The molecule has 2 saturated carbocycles. The number of aromatic amines is 2. The number of methoxy groups -OCH3 is 1. The first-order valence-corrected chi connectivity index (χ1v) is 21.1. The molecular weight excluding hydrogens is 784 g/mol. The Morgan fingerprint density at radius 2 is 1.27 bits per heavy atom. The Hall–Kier alpha value is -5.89. The molecule has 15 heteroatoms. The number of hydrogen-bond donors (Lipinski definition) is 5. The standard InChI is InChI=1S/C45H49ClN8O6/c1-21(2)36(50-44(57)58)42(55)54-33-17-30(33)19-35(54)41-49-38(39(46)52-41)28-13-12-26-14-25(10-11-27(26)15-28)23-6-8-24(9-7-23)31-20-47-40(48-31)34-18-29-16-32(29)53(34)43(56)37(22(3)4)51-45(59)60-5/h6-15,20-22,29-30,32-37,50H,16-19H2,1-5H3,(H,47,48)(H,49,52)(H,51,59)(H,57,58)/t29-,30-,32-,33-,34+,35+,36+,37+/m1/s1. The Morgan fingerprint density at radius 3 is 1.85 bits per heavy atom. The number of halogens is 1. The van der Waals surface area contributed by atoms with Gasteiger partial charge in [0, 0.05) is 29.4 Å². The number of carbonyl (C=O) groups excluding carboxylic acids is 3. The number of imidazole rings is 2. The zero-order valence-electron chi connectivity index (χ0n) is 34.1. The Bertz CT molecular complexity index is 2500. The van der Waals surface area contributed by atoms with Gasteiger partial charge in [0.15, 0.2) is 5.15 Å². The summed E-state index contributed by atoms with van der Waals surface area (Å²) in [6.07, 6.45) is 3.52. The second-order valence-electron chi connectivity index (χ2n) is 17.5. The van der Waals surface area contributed by atoms with Gasteiger partial charge in [-0.2, -0.15) is 0 Å². The van der Waals surface area contributed by atoms with Gasteiger partial charge in [0.2, 0.25) is 11.8 Å². The van der Waals surface area contributed by atoms with E-state index in [0.29, 0.717) is 28.5 Å². The van der Waals surface area contributed by atoms with Crippen LogP contribution in [0.3, 0.4) is 0 Å². The molecule has 4 fully saturated rings. The normalized spacial score (nSPS) is 23.7. The van der Waals surface area contributed by atoms with Crippen LogP contribution in [0.2, 0.25) is 5.15 Å². The number of fused-ring (bicyclic) bond motifs is 3. The van der Waals surface area contributed by atoms with Crippen molar-refractivity contribution in [2.45, 2.75) is 89.6 Å². The molecule has 8 atom stereocenters. The first kappa shape index (κ1) is 39.6.